The molecule has 0 atom stereocenters. The summed E-state index contributed by atoms with van der Waals surface area (Å²) in [5.41, 5.74) is 0.471. The topological polar surface area (TPSA) is 71.1 Å². The summed E-state index contributed by atoms with van der Waals surface area (Å²) in [6.07, 6.45) is -0.328. The van der Waals surface area contributed by atoms with Gasteiger partial charge in [-0.05, 0) is 45.4 Å². The number of benzene rings is 1. The molecule has 1 saturated heterocycles. The molecule has 1 fully saturated rings. The number of rotatable bonds is 4. The molecule has 7 nitrogen and oxygen atoms in total. The summed E-state index contributed by atoms with van der Waals surface area (Å²) in [6, 6.07) is 7.54. The maximum Gasteiger partial charge on any atom is 0.410 e. The number of hydrogen-bond donors (Lipinski definition) is 1. The minimum absolute atomic E-state index is 0.129. The quantitative estimate of drug-likeness (QED) is 0.893. The number of amides is 3. The second-order valence-electron chi connectivity index (χ2n) is 7.19. The monoisotopic (exact) mass is 363 g/mol. The normalized spacial score (nSPS) is 14.8. The second kappa shape index (κ2) is 8.78. The Kier molecular flexibility index (Phi) is 6.71. The van der Waals surface area contributed by atoms with Gasteiger partial charge < -0.3 is 24.6 Å². The van der Waals surface area contributed by atoms with Gasteiger partial charge in [-0.3, -0.25) is 0 Å². The fraction of sp³-hybridized carbons (Fsp3) is 0.579. The van der Waals surface area contributed by atoms with Crippen LogP contribution in [0.1, 0.15) is 33.3 Å². The summed E-state index contributed by atoms with van der Waals surface area (Å²) in [5.74, 6) is 0.797. The predicted octanol–water partition coefficient (Wildman–Crippen LogP) is 2.85. The molecule has 144 valence electrons. The number of ether oxygens (including phenoxy) is 2. The first-order valence-corrected chi connectivity index (χ1v) is 9.01. The van der Waals surface area contributed by atoms with Crippen molar-refractivity contribution in [3.63, 3.8) is 0 Å². The summed E-state index contributed by atoms with van der Waals surface area (Å²) in [4.78, 5) is 27.8. The van der Waals surface area contributed by atoms with Crippen molar-refractivity contribution in [2.45, 2.75) is 39.8 Å². The third-order valence-electron chi connectivity index (χ3n) is 3.87. The van der Waals surface area contributed by atoms with Crippen LogP contribution in [0.15, 0.2) is 24.3 Å². The van der Waals surface area contributed by atoms with E-state index >= 15 is 0 Å². The number of piperazine rings is 1. The van der Waals surface area contributed by atoms with Crippen LogP contribution < -0.4 is 10.1 Å². The van der Waals surface area contributed by atoms with Crippen LogP contribution in [-0.4, -0.2) is 60.3 Å². The number of nitrogens with one attached hydrogen (secondary N) is 1. The zero-order valence-electron chi connectivity index (χ0n) is 16.1. The average molecular weight is 363 g/mol. The largest absolute Gasteiger partial charge is 0.494 e. The van der Waals surface area contributed by atoms with Gasteiger partial charge in [0.2, 0.25) is 0 Å². The van der Waals surface area contributed by atoms with Crippen LogP contribution in [0.2, 0.25) is 0 Å². The summed E-state index contributed by atoms with van der Waals surface area (Å²) < 4.78 is 10.8. The van der Waals surface area contributed by atoms with Crippen LogP contribution in [0.25, 0.3) is 0 Å². The van der Waals surface area contributed by atoms with E-state index in [1.807, 2.05) is 52.0 Å². The molecule has 0 radical (unpaired) electrons. The Morgan fingerprint density at radius 3 is 2.38 bits per heavy atom. The van der Waals surface area contributed by atoms with Gasteiger partial charge in [0.05, 0.1) is 6.61 Å². The molecule has 0 bridgehead atoms. The van der Waals surface area contributed by atoms with E-state index in [1.165, 1.54) is 0 Å². The molecular weight excluding hydrogens is 334 g/mol. The second-order valence-corrected chi connectivity index (χ2v) is 7.19. The Hall–Kier alpha value is -2.44. The lowest BCUT2D eigenvalue weighted by Gasteiger charge is -2.35. The average Bonchev–Trinajstić information content (AvgIpc) is 2.59. The maximum atomic E-state index is 12.3. The zero-order chi connectivity index (χ0) is 19.2. The number of hydrogen-bond acceptors (Lipinski definition) is 4. The van der Waals surface area contributed by atoms with E-state index in [1.54, 1.807) is 9.80 Å². The van der Waals surface area contributed by atoms with Crippen LogP contribution in [-0.2, 0) is 11.3 Å². The van der Waals surface area contributed by atoms with Crippen LogP contribution in [0.5, 0.6) is 5.75 Å². The number of carbonyl (C=O) groups is 2. The van der Waals surface area contributed by atoms with E-state index in [0.717, 1.165) is 11.3 Å². The lowest BCUT2D eigenvalue weighted by atomic mass is 10.2. The highest BCUT2D eigenvalue weighted by Gasteiger charge is 2.27. The molecule has 0 aromatic heterocycles. The lowest BCUT2D eigenvalue weighted by molar-refractivity contribution is 0.0170. The summed E-state index contributed by atoms with van der Waals surface area (Å²) in [7, 11) is 0. The molecule has 2 rings (SSSR count). The van der Waals surface area contributed by atoms with Crippen molar-refractivity contribution in [3.8, 4) is 5.75 Å². The molecule has 7 heteroatoms. The molecule has 1 aromatic rings. The molecule has 0 saturated carbocycles. The van der Waals surface area contributed by atoms with Gasteiger partial charge in [-0.2, -0.15) is 0 Å². The van der Waals surface area contributed by atoms with Crippen molar-refractivity contribution in [3.05, 3.63) is 29.8 Å². The van der Waals surface area contributed by atoms with Gasteiger partial charge in [0.25, 0.3) is 0 Å². The van der Waals surface area contributed by atoms with Crippen molar-refractivity contribution in [2.24, 2.45) is 0 Å². The molecule has 26 heavy (non-hydrogen) atoms. The molecule has 1 N–H and O–H groups in total. The standard InChI is InChI=1S/C19H29N3O4/c1-5-25-16-8-6-7-15(13-16)14-20-17(23)21-9-11-22(12-10-21)18(24)26-19(2,3)4/h6-8,13H,5,9-12,14H2,1-4H3,(H,20,23). The van der Waals surface area contributed by atoms with E-state index in [9.17, 15) is 9.59 Å². The first kappa shape index (κ1) is 19.9. The number of carbonyl (C=O) groups excluding carboxylic acids is 2. The van der Waals surface area contributed by atoms with Crippen molar-refractivity contribution < 1.29 is 19.1 Å². The number of nitrogens with zero attached hydrogens (tertiary/aromatic N) is 2. The fourth-order valence-corrected chi connectivity index (χ4v) is 2.62. The molecule has 0 spiro atoms. The first-order chi connectivity index (χ1) is 12.3. The van der Waals surface area contributed by atoms with Crippen molar-refractivity contribution >= 4 is 12.1 Å². The van der Waals surface area contributed by atoms with Crippen LogP contribution in [0, 0.1) is 0 Å². The minimum Gasteiger partial charge on any atom is -0.494 e. The Morgan fingerprint density at radius 1 is 1.12 bits per heavy atom. The Balaban J connectivity index is 1.78. The van der Waals surface area contributed by atoms with Gasteiger partial charge >= 0.3 is 12.1 Å². The highest BCUT2D eigenvalue weighted by atomic mass is 16.6. The molecule has 0 unspecified atom stereocenters. The van der Waals surface area contributed by atoms with E-state index in [-0.39, 0.29) is 12.1 Å². The van der Waals surface area contributed by atoms with Crippen LogP contribution in [0.3, 0.4) is 0 Å². The van der Waals surface area contributed by atoms with Crippen LogP contribution >= 0.6 is 0 Å². The first-order valence-electron chi connectivity index (χ1n) is 9.01. The smallest absolute Gasteiger partial charge is 0.410 e. The summed E-state index contributed by atoms with van der Waals surface area (Å²) in [6.45, 7) is 10.4. The van der Waals surface area contributed by atoms with E-state index in [0.29, 0.717) is 39.3 Å². The highest BCUT2D eigenvalue weighted by molar-refractivity contribution is 5.75. The Bertz CT molecular complexity index is 619. The fourth-order valence-electron chi connectivity index (χ4n) is 2.62. The van der Waals surface area contributed by atoms with Crippen LogP contribution in [0.4, 0.5) is 9.59 Å². The summed E-state index contributed by atoms with van der Waals surface area (Å²) in [5, 5.41) is 2.92. The van der Waals surface area contributed by atoms with Gasteiger partial charge in [-0.15, -0.1) is 0 Å². The van der Waals surface area contributed by atoms with Gasteiger partial charge in [-0.1, -0.05) is 12.1 Å². The third-order valence-corrected chi connectivity index (χ3v) is 3.87. The molecule has 1 aliphatic heterocycles. The van der Waals surface area contributed by atoms with Gasteiger partial charge in [0.1, 0.15) is 11.4 Å². The SMILES string of the molecule is CCOc1cccc(CNC(=O)N2CCN(C(=O)OC(C)(C)C)CC2)c1. The molecule has 3 amide bonds. The highest BCUT2D eigenvalue weighted by Crippen LogP contribution is 2.14. The third kappa shape index (κ3) is 6.13. The molecule has 1 aliphatic rings. The van der Waals surface area contributed by atoms with Crippen molar-refractivity contribution in [2.75, 3.05) is 32.8 Å². The molecule has 1 aromatic carbocycles. The molecule has 0 aliphatic carbocycles. The van der Waals surface area contributed by atoms with Crippen molar-refractivity contribution in [1.29, 1.82) is 0 Å². The lowest BCUT2D eigenvalue weighted by Crippen LogP contribution is -2.53. The van der Waals surface area contributed by atoms with E-state index in [4.69, 9.17) is 9.47 Å². The molecular formula is C19H29N3O4. The maximum absolute atomic E-state index is 12.3. The van der Waals surface area contributed by atoms with Gasteiger partial charge in [0, 0.05) is 32.7 Å². The Morgan fingerprint density at radius 2 is 1.77 bits per heavy atom. The van der Waals surface area contributed by atoms with Crippen molar-refractivity contribution in [1.82, 2.24) is 15.1 Å². The minimum atomic E-state index is -0.512. The van der Waals surface area contributed by atoms with Gasteiger partial charge in [0.15, 0.2) is 0 Å². The zero-order valence-corrected chi connectivity index (χ0v) is 16.1. The van der Waals surface area contributed by atoms with Gasteiger partial charge in [-0.25, -0.2) is 9.59 Å². The number of urea groups is 1. The van der Waals surface area contributed by atoms with E-state index < -0.39 is 5.60 Å². The Labute approximate surface area is 155 Å². The van der Waals surface area contributed by atoms with E-state index in [2.05, 4.69) is 5.32 Å². The molecule has 1 heterocycles. The predicted molar refractivity (Wildman–Crippen MR) is 99.2 cm³/mol. The summed E-state index contributed by atoms with van der Waals surface area (Å²) >= 11 is 0.